The number of carbonyl (C=O) groups excluding carboxylic acids is 1. The summed E-state index contributed by atoms with van der Waals surface area (Å²) in [5.74, 6) is -0.173. The van der Waals surface area contributed by atoms with Crippen LogP contribution in [0.15, 0.2) is 12.3 Å². The number of nitrogens with zero attached hydrogens (tertiary/aromatic N) is 2. The van der Waals surface area contributed by atoms with Crippen molar-refractivity contribution in [3.8, 4) is 0 Å². The lowest BCUT2D eigenvalue weighted by Crippen LogP contribution is -2.44. The van der Waals surface area contributed by atoms with E-state index in [1.54, 1.807) is 0 Å². The molecule has 0 spiro atoms. The Hall–Kier alpha value is -0.840. The van der Waals surface area contributed by atoms with Crippen molar-refractivity contribution in [2.45, 2.75) is 32.2 Å². The predicted molar refractivity (Wildman–Crippen MR) is 81.5 cm³/mol. The molecule has 1 aromatic rings. The van der Waals surface area contributed by atoms with Gasteiger partial charge in [0.05, 0.1) is 10.6 Å². The highest BCUT2D eigenvalue weighted by molar-refractivity contribution is 6.35. The molecule has 0 radical (unpaired) electrons. The molecule has 6 heteroatoms. The minimum Gasteiger partial charge on any atom is -0.349 e. The Morgan fingerprint density at radius 3 is 2.80 bits per heavy atom. The van der Waals surface area contributed by atoms with Crippen molar-refractivity contribution in [1.82, 2.24) is 15.2 Å². The molecular formula is C14H19Cl2N3O. The molecule has 2 rings (SSSR count). The molecule has 20 heavy (non-hydrogen) atoms. The molecule has 0 unspecified atom stereocenters. The van der Waals surface area contributed by atoms with E-state index in [-0.39, 0.29) is 17.1 Å². The van der Waals surface area contributed by atoms with Gasteiger partial charge in [-0.15, -0.1) is 0 Å². The number of amides is 1. The number of likely N-dealkylation sites (tertiary alicyclic amines) is 1. The third-order valence-corrected chi connectivity index (χ3v) is 4.04. The second-order valence-corrected chi connectivity index (χ2v) is 5.87. The summed E-state index contributed by atoms with van der Waals surface area (Å²) < 4.78 is 0. The van der Waals surface area contributed by atoms with Crippen molar-refractivity contribution in [3.05, 3.63) is 28.0 Å². The number of pyridine rings is 1. The van der Waals surface area contributed by atoms with E-state index in [1.165, 1.54) is 18.7 Å². The third kappa shape index (κ3) is 4.08. The van der Waals surface area contributed by atoms with E-state index in [1.807, 2.05) is 0 Å². The van der Waals surface area contributed by atoms with Crippen LogP contribution in [0.25, 0.3) is 0 Å². The number of hydrogen-bond donors (Lipinski definition) is 1. The minimum absolute atomic E-state index is 0.173. The monoisotopic (exact) mass is 315 g/mol. The van der Waals surface area contributed by atoms with Crippen molar-refractivity contribution in [2.75, 3.05) is 19.6 Å². The first-order valence-corrected chi connectivity index (χ1v) is 7.70. The Kier molecular flexibility index (Phi) is 5.64. The zero-order valence-corrected chi connectivity index (χ0v) is 13.0. The zero-order chi connectivity index (χ0) is 14.5. The van der Waals surface area contributed by atoms with Crippen LogP contribution >= 0.6 is 23.2 Å². The summed E-state index contributed by atoms with van der Waals surface area (Å²) in [5, 5.41) is 3.63. The van der Waals surface area contributed by atoms with Crippen LogP contribution in [-0.4, -0.2) is 41.5 Å². The zero-order valence-electron chi connectivity index (χ0n) is 11.5. The van der Waals surface area contributed by atoms with Crippen LogP contribution in [0.5, 0.6) is 0 Å². The van der Waals surface area contributed by atoms with Gasteiger partial charge in [0.2, 0.25) is 0 Å². The van der Waals surface area contributed by atoms with Gasteiger partial charge in [-0.05, 0) is 31.9 Å². The van der Waals surface area contributed by atoms with E-state index in [0.717, 1.165) is 32.5 Å². The predicted octanol–water partition coefficient (Wildman–Crippen LogP) is 2.99. The van der Waals surface area contributed by atoms with Gasteiger partial charge in [0, 0.05) is 25.3 Å². The minimum atomic E-state index is -0.173. The highest BCUT2D eigenvalue weighted by Crippen LogP contribution is 2.19. The molecule has 1 aliphatic heterocycles. The summed E-state index contributed by atoms with van der Waals surface area (Å²) in [6.07, 6.45) is 4.52. The van der Waals surface area contributed by atoms with Crippen molar-refractivity contribution < 1.29 is 4.79 Å². The lowest BCUT2D eigenvalue weighted by molar-refractivity contribution is 0.0911. The highest BCUT2D eigenvalue weighted by Gasteiger charge is 2.21. The van der Waals surface area contributed by atoms with Gasteiger partial charge in [0.1, 0.15) is 5.15 Å². The van der Waals surface area contributed by atoms with E-state index < -0.39 is 0 Å². The molecule has 0 aliphatic carbocycles. The van der Waals surface area contributed by atoms with E-state index >= 15 is 0 Å². The number of halogens is 2. The largest absolute Gasteiger partial charge is 0.349 e. The summed E-state index contributed by atoms with van der Waals surface area (Å²) >= 11 is 11.8. The first-order valence-electron chi connectivity index (χ1n) is 6.94. The normalized spacial score (nSPS) is 17.1. The molecule has 110 valence electrons. The average molecular weight is 316 g/mol. The first-order chi connectivity index (χ1) is 9.60. The molecule has 0 saturated carbocycles. The Morgan fingerprint density at radius 1 is 1.45 bits per heavy atom. The van der Waals surface area contributed by atoms with Crippen LogP contribution in [0.3, 0.4) is 0 Å². The SMILES string of the molecule is CCCN1CCC(NC(=O)c2cc(Cl)ncc2Cl)CC1. The maximum Gasteiger partial charge on any atom is 0.253 e. The van der Waals surface area contributed by atoms with Crippen LogP contribution in [0.2, 0.25) is 10.2 Å². The van der Waals surface area contributed by atoms with Gasteiger partial charge in [-0.3, -0.25) is 4.79 Å². The average Bonchev–Trinajstić information content (AvgIpc) is 2.44. The third-order valence-electron chi connectivity index (χ3n) is 3.53. The number of nitrogens with one attached hydrogen (secondary N) is 1. The van der Waals surface area contributed by atoms with Crippen LogP contribution in [-0.2, 0) is 0 Å². The fourth-order valence-electron chi connectivity index (χ4n) is 2.47. The maximum absolute atomic E-state index is 12.2. The molecular weight excluding hydrogens is 297 g/mol. The van der Waals surface area contributed by atoms with Crippen LogP contribution < -0.4 is 5.32 Å². The number of carbonyl (C=O) groups is 1. The van der Waals surface area contributed by atoms with E-state index in [0.29, 0.717) is 10.6 Å². The Balaban J connectivity index is 1.91. The maximum atomic E-state index is 12.2. The smallest absolute Gasteiger partial charge is 0.253 e. The van der Waals surface area contributed by atoms with Crippen molar-refractivity contribution >= 4 is 29.1 Å². The molecule has 1 aromatic heterocycles. The molecule has 1 saturated heterocycles. The van der Waals surface area contributed by atoms with Gasteiger partial charge in [0.15, 0.2) is 0 Å². The quantitative estimate of drug-likeness (QED) is 0.869. The number of hydrogen-bond acceptors (Lipinski definition) is 3. The Bertz CT molecular complexity index is 473. The molecule has 0 aromatic carbocycles. The van der Waals surface area contributed by atoms with Gasteiger partial charge in [0.25, 0.3) is 5.91 Å². The molecule has 0 atom stereocenters. The van der Waals surface area contributed by atoms with Crippen LogP contribution in [0.4, 0.5) is 0 Å². The van der Waals surface area contributed by atoms with Crippen molar-refractivity contribution in [3.63, 3.8) is 0 Å². The molecule has 1 aliphatic rings. The van der Waals surface area contributed by atoms with Gasteiger partial charge >= 0.3 is 0 Å². The fourth-order valence-corrected chi connectivity index (χ4v) is 2.81. The summed E-state index contributed by atoms with van der Waals surface area (Å²) in [6.45, 7) is 5.38. The fraction of sp³-hybridized carbons (Fsp3) is 0.571. The highest BCUT2D eigenvalue weighted by atomic mass is 35.5. The molecule has 2 heterocycles. The van der Waals surface area contributed by atoms with E-state index in [9.17, 15) is 4.79 Å². The number of rotatable bonds is 4. The summed E-state index contributed by atoms with van der Waals surface area (Å²) in [7, 11) is 0. The van der Waals surface area contributed by atoms with Gasteiger partial charge in [-0.2, -0.15) is 0 Å². The van der Waals surface area contributed by atoms with Crippen molar-refractivity contribution in [1.29, 1.82) is 0 Å². The number of aromatic nitrogens is 1. The summed E-state index contributed by atoms with van der Waals surface area (Å²) in [5.41, 5.74) is 0.391. The van der Waals surface area contributed by atoms with Gasteiger partial charge in [-0.1, -0.05) is 30.1 Å². The summed E-state index contributed by atoms with van der Waals surface area (Å²) in [6, 6.07) is 1.71. The molecule has 1 amide bonds. The van der Waals surface area contributed by atoms with Gasteiger partial charge < -0.3 is 10.2 Å². The molecule has 4 nitrogen and oxygen atoms in total. The van der Waals surface area contributed by atoms with Crippen LogP contribution in [0, 0.1) is 0 Å². The van der Waals surface area contributed by atoms with E-state index in [2.05, 4.69) is 22.1 Å². The second-order valence-electron chi connectivity index (χ2n) is 5.08. The van der Waals surface area contributed by atoms with Crippen molar-refractivity contribution in [2.24, 2.45) is 0 Å². The molecule has 1 fully saturated rings. The van der Waals surface area contributed by atoms with Gasteiger partial charge in [-0.25, -0.2) is 4.98 Å². The van der Waals surface area contributed by atoms with E-state index in [4.69, 9.17) is 23.2 Å². The molecule has 1 N–H and O–H groups in total. The number of piperidine rings is 1. The Morgan fingerprint density at radius 2 is 2.15 bits per heavy atom. The lowest BCUT2D eigenvalue weighted by atomic mass is 10.0. The summed E-state index contributed by atoms with van der Waals surface area (Å²) in [4.78, 5) is 18.5. The topological polar surface area (TPSA) is 45.2 Å². The lowest BCUT2D eigenvalue weighted by Gasteiger charge is -2.32. The molecule has 0 bridgehead atoms. The standard InChI is InChI=1S/C14H19Cl2N3O/c1-2-5-19-6-3-10(4-7-19)18-14(20)11-8-13(16)17-9-12(11)15/h8-10H,2-7H2,1H3,(H,18,20). The van der Waals surface area contributed by atoms with Crippen LogP contribution in [0.1, 0.15) is 36.5 Å². The first kappa shape index (κ1) is 15.5. The Labute approximate surface area is 129 Å². The second kappa shape index (κ2) is 7.25.